The summed E-state index contributed by atoms with van der Waals surface area (Å²) in [6, 6.07) is 7.12. The van der Waals surface area contributed by atoms with Crippen LogP contribution >= 0.6 is 0 Å². The zero-order valence-electron chi connectivity index (χ0n) is 10.6. The molecule has 0 bridgehead atoms. The Morgan fingerprint density at radius 1 is 1.39 bits per heavy atom. The summed E-state index contributed by atoms with van der Waals surface area (Å²) in [6.07, 6.45) is 1.77. The summed E-state index contributed by atoms with van der Waals surface area (Å²) in [5, 5.41) is 6.85. The van der Waals surface area contributed by atoms with Crippen LogP contribution in [0.2, 0.25) is 0 Å². The highest BCUT2D eigenvalue weighted by molar-refractivity contribution is 6.05. The van der Waals surface area contributed by atoms with Crippen molar-refractivity contribution < 1.29 is 9.53 Å². The molecule has 94 valence electrons. The third-order valence-electron chi connectivity index (χ3n) is 2.70. The van der Waals surface area contributed by atoms with Crippen LogP contribution in [0, 0.1) is 6.92 Å². The number of aromatic nitrogens is 2. The first-order valence-corrected chi connectivity index (χ1v) is 5.56. The van der Waals surface area contributed by atoms with Crippen molar-refractivity contribution in [1.29, 1.82) is 0 Å². The van der Waals surface area contributed by atoms with Crippen molar-refractivity contribution in [3.63, 3.8) is 0 Å². The molecule has 2 rings (SSSR count). The SMILES string of the molecule is COc1cccc(C(=O)Nc2ccn(C)n2)c1C. The fourth-order valence-electron chi connectivity index (χ4n) is 1.75. The standard InChI is InChI=1S/C13H15N3O2/c1-9-10(5-4-6-11(9)18-3)13(17)14-12-7-8-16(2)15-12/h4-8H,1-3H3,(H,14,15,17). The highest BCUT2D eigenvalue weighted by Crippen LogP contribution is 2.21. The van der Waals surface area contributed by atoms with Crippen molar-refractivity contribution in [3.8, 4) is 5.75 Å². The van der Waals surface area contributed by atoms with Crippen molar-refractivity contribution in [3.05, 3.63) is 41.6 Å². The molecule has 0 saturated carbocycles. The third-order valence-corrected chi connectivity index (χ3v) is 2.70. The predicted molar refractivity (Wildman–Crippen MR) is 68.9 cm³/mol. The highest BCUT2D eigenvalue weighted by atomic mass is 16.5. The van der Waals surface area contributed by atoms with Crippen LogP contribution in [0.1, 0.15) is 15.9 Å². The first-order valence-electron chi connectivity index (χ1n) is 5.56. The Hall–Kier alpha value is -2.30. The van der Waals surface area contributed by atoms with Crippen LogP contribution in [0.15, 0.2) is 30.5 Å². The van der Waals surface area contributed by atoms with Crippen LogP contribution in [0.4, 0.5) is 5.82 Å². The molecule has 5 nitrogen and oxygen atoms in total. The number of nitrogens with one attached hydrogen (secondary N) is 1. The van der Waals surface area contributed by atoms with Crippen LogP contribution in [0.25, 0.3) is 0 Å². The Morgan fingerprint density at radius 2 is 2.17 bits per heavy atom. The molecule has 1 aromatic carbocycles. The van der Waals surface area contributed by atoms with E-state index in [0.717, 1.165) is 5.56 Å². The minimum absolute atomic E-state index is 0.190. The Labute approximate surface area is 105 Å². The van der Waals surface area contributed by atoms with Gasteiger partial charge < -0.3 is 10.1 Å². The summed E-state index contributed by atoms with van der Waals surface area (Å²) in [5.41, 5.74) is 1.40. The molecule has 1 N–H and O–H groups in total. The fourth-order valence-corrected chi connectivity index (χ4v) is 1.75. The molecular formula is C13H15N3O2. The number of amides is 1. The van der Waals surface area contributed by atoms with Crippen LogP contribution in [-0.4, -0.2) is 22.8 Å². The van der Waals surface area contributed by atoms with E-state index in [1.165, 1.54) is 0 Å². The van der Waals surface area contributed by atoms with E-state index < -0.39 is 0 Å². The van der Waals surface area contributed by atoms with Crippen LogP contribution in [0.3, 0.4) is 0 Å². The number of ether oxygens (including phenoxy) is 1. The molecule has 18 heavy (non-hydrogen) atoms. The van der Waals surface area contributed by atoms with E-state index in [1.807, 2.05) is 13.0 Å². The van der Waals surface area contributed by atoms with Crippen LogP contribution < -0.4 is 10.1 Å². The highest BCUT2D eigenvalue weighted by Gasteiger charge is 2.12. The van der Waals surface area contributed by atoms with Gasteiger partial charge in [0.05, 0.1) is 7.11 Å². The van der Waals surface area contributed by atoms with E-state index in [2.05, 4.69) is 10.4 Å². The number of anilines is 1. The quantitative estimate of drug-likeness (QED) is 0.899. The lowest BCUT2D eigenvalue weighted by atomic mass is 10.1. The summed E-state index contributed by atoms with van der Waals surface area (Å²) in [7, 11) is 3.38. The van der Waals surface area contributed by atoms with Gasteiger partial charge in [0, 0.05) is 30.4 Å². The van der Waals surface area contributed by atoms with E-state index in [0.29, 0.717) is 17.1 Å². The summed E-state index contributed by atoms with van der Waals surface area (Å²) in [4.78, 5) is 12.1. The van der Waals surface area contributed by atoms with Gasteiger partial charge in [-0.2, -0.15) is 5.10 Å². The van der Waals surface area contributed by atoms with E-state index in [9.17, 15) is 4.79 Å². The van der Waals surface area contributed by atoms with Crippen LogP contribution in [0.5, 0.6) is 5.75 Å². The van der Waals surface area contributed by atoms with E-state index >= 15 is 0 Å². The molecule has 0 radical (unpaired) electrons. The molecule has 2 aromatic rings. The van der Waals surface area contributed by atoms with Gasteiger partial charge in [0.1, 0.15) is 5.75 Å². The molecule has 1 amide bonds. The van der Waals surface area contributed by atoms with Gasteiger partial charge in [-0.05, 0) is 19.1 Å². The van der Waals surface area contributed by atoms with Crippen molar-refractivity contribution >= 4 is 11.7 Å². The summed E-state index contributed by atoms with van der Waals surface area (Å²) >= 11 is 0. The second kappa shape index (κ2) is 4.91. The van der Waals surface area contributed by atoms with Gasteiger partial charge in [0.15, 0.2) is 5.82 Å². The number of nitrogens with zero attached hydrogens (tertiary/aromatic N) is 2. The Bertz CT molecular complexity index is 575. The van der Waals surface area contributed by atoms with Crippen LogP contribution in [-0.2, 0) is 7.05 Å². The van der Waals surface area contributed by atoms with Gasteiger partial charge in [0.2, 0.25) is 0 Å². The smallest absolute Gasteiger partial charge is 0.257 e. The average Bonchev–Trinajstić information content (AvgIpc) is 2.75. The molecule has 1 aromatic heterocycles. The molecule has 0 saturated heterocycles. The number of benzene rings is 1. The van der Waals surface area contributed by atoms with Gasteiger partial charge in [-0.25, -0.2) is 0 Å². The fraction of sp³-hybridized carbons (Fsp3) is 0.231. The molecule has 1 heterocycles. The Kier molecular flexibility index (Phi) is 3.32. The van der Waals surface area contributed by atoms with Gasteiger partial charge in [-0.3, -0.25) is 9.48 Å². The van der Waals surface area contributed by atoms with Crippen molar-refractivity contribution in [1.82, 2.24) is 9.78 Å². The average molecular weight is 245 g/mol. The maximum Gasteiger partial charge on any atom is 0.257 e. The molecule has 0 unspecified atom stereocenters. The number of carbonyl (C=O) groups is 1. The van der Waals surface area contributed by atoms with E-state index in [1.54, 1.807) is 43.2 Å². The monoisotopic (exact) mass is 245 g/mol. The van der Waals surface area contributed by atoms with Gasteiger partial charge in [0.25, 0.3) is 5.91 Å². The van der Waals surface area contributed by atoms with Crippen molar-refractivity contribution in [2.45, 2.75) is 6.92 Å². The lowest BCUT2D eigenvalue weighted by molar-refractivity contribution is 0.102. The third kappa shape index (κ3) is 2.34. The lowest BCUT2D eigenvalue weighted by Gasteiger charge is -2.09. The second-order valence-corrected chi connectivity index (χ2v) is 3.96. The second-order valence-electron chi connectivity index (χ2n) is 3.96. The zero-order valence-corrected chi connectivity index (χ0v) is 10.6. The first kappa shape index (κ1) is 12.2. The van der Waals surface area contributed by atoms with Gasteiger partial charge in [-0.15, -0.1) is 0 Å². The normalized spacial score (nSPS) is 10.2. The number of rotatable bonds is 3. The van der Waals surface area contributed by atoms with Gasteiger partial charge in [-0.1, -0.05) is 6.07 Å². The largest absolute Gasteiger partial charge is 0.496 e. The molecule has 5 heteroatoms. The maximum absolute atomic E-state index is 12.1. The van der Waals surface area contributed by atoms with E-state index in [-0.39, 0.29) is 5.91 Å². The Morgan fingerprint density at radius 3 is 2.78 bits per heavy atom. The number of carbonyl (C=O) groups excluding carboxylic acids is 1. The number of methoxy groups -OCH3 is 1. The van der Waals surface area contributed by atoms with Gasteiger partial charge >= 0.3 is 0 Å². The maximum atomic E-state index is 12.1. The zero-order chi connectivity index (χ0) is 13.1. The minimum Gasteiger partial charge on any atom is -0.496 e. The number of aryl methyl sites for hydroxylation is 1. The molecular weight excluding hydrogens is 230 g/mol. The molecule has 0 fully saturated rings. The molecule has 0 aliphatic rings. The molecule has 0 aliphatic carbocycles. The topological polar surface area (TPSA) is 56.1 Å². The molecule has 0 spiro atoms. The molecule has 0 aliphatic heterocycles. The van der Waals surface area contributed by atoms with E-state index in [4.69, 9.17) is 4.74 Å². The van der Waals surface area contributed by atoms with Crippen molar-refractivity contribution in [2.75, 3.05) is 12.4 Å². The predicted octanol–water partition coefficient (Wildman–Crippen LogP) is 1.99. The van der Waals surface area contributed by atoms with Crippen molar-refractivity contribution in [2.24, 2.45) is 7.05 Å². The lowest BCUT2D eigenvalue weighted by Crippen LogP contribution is -2.14. The number of hydrogen-bond donors (Lipinski definition) is 1. The first-order chi connectivity index (χ1) is 8.61. The minimum atomic E-state index is -0.190. The Balaban J connectivity index is 2.24. The summed E-state index contributed by atoms with van der Waals surface area (Å²) in [6.45, 7) is 1.85. The summed E-state index contributed by atoms with van der Waals surface area (Å²) in [5.74, 6) is 1.04. The molecule has 0 atom stereocenters. The number of hydrogen-bond acceptors (Lipinski definition) is 3. The summed E-state index contributed by atoms with van der Waals surface area (Å²) < 4.78 is 6.82.